The van der Waals surface area contributed by atoms with Crippen LogP contribution in [-0.2, 0) is 17.8 Å². The molecule has 22 heavy (non-hydrogen) atoms. The fraction of sp³-hybridized carbons (Fsp3) is 0.533. The average Bonchev–Trinajstić information content (AvgIpc) is 3.02. The minimum absolute atomic E-state index is 0.0340. The van der Waals surface area contributed by atoms with E-state index in [-0.39, 0.29) is 5.91 Å². The quantitative estimate of drug-likeness (QED) is 0.594. The molecule has 1 N–H and O–H groups in total. The van der Waals surface area contributed by atoms with Crippen molar-refractivity contribution in [1.82, 2.24) is 20.1 Å². The highest BCUT2D eigenvalue weighted by molar-refractivity contribution is 8.00. The van der Waals surface area contributed by atoms with E-state index >= 15 is 0 Å². The van der Waals surface area contributed by atoms with E-state index in [2.05, 4.69) is 28.4 Å². The highest BCUT2D eigenvalue weighted by atomic mass is 32.2. The summed E-state index contributed by atoms with van der Waals surface area (Å²) in [4.78, 5) is 16.3. The third-order valence-corrected chi connectivity index (χ3v) is 5.06. The van der Waals surface area contributed by atoms with Crippen LogP contribution in [0.3, 0.4) is 0 Å². The summed E-state index contributed by atoms with van der Waals surface area (Å²) in [7, 11) is 0. The monoisotopic (exact) mass is 338 g/mol. The largest absolute Gasteiger partial charge is 0.356 e. The highest BCUT2D eigenvalue weighted by Crippen LogP contribution is 2.22. The molecule has 0 aliphatic carbocycles. The molecule has 0 aliphatic rings. The maximum Gasteiger partial charge on any atom is 0.226 e. The summed E-state index contributed by atoms with van der Waals surface area (Å²) in [6, 6.07) is 2.06. The SMILES string of the molecule is CCSc1nc(CC(=O)NCCCn2nc(C)cc2C)cs1. The molecule has 0 unspecified atom stereocenters. The first kappa shape index (κ1) is 17.0. The molecule has 0 fully saturated rings. The van der Waals surface area contributed by atoms with E-state index in [4.69, 9.17) is 0 Å². The molecular formula is C15H22N4OS2. The summed E-state index contributed by atoms with van der Waals surface area (Å²) in [5.41, 5.74) is 3.05. The van der Waals surface area contributed by atoms with Crippen LogP contribution in [0, 0.1) is 13.8 Å². The Kier molecular flexibility index (Phi) is 6.45. The number of rotatable bonds is 8. The molecule has 7 heteroatoms. The zero-order valence-electron chi connectivity index (χ0n) is 13.3. The number of aryl methyl sites for hydroxylation is 3. The second kappa shape index (κ2) is 8.33. The topological polar surface area (TPSA) is 59.8 Å². The number of hydrogen-bond acceptors (Lipinski definition) is 5. The molecule has 0 spiro atoms. The van der Waals surface area contributed by atoms with Crippen LogP contribution in [0.25, 0.3) is 0 Å². The molecule has 2 aromatic rings. The molecule has 0 saturated heterocycles. The molecule has 2 heterocycles. The fourth-order valence-electron chi connectivity index (χ4n) is 2.14. The molecule has 0 radical (unpaired) electrons. The van der Waals surface area contributed by atoms with Crippen molar-refractivity contribution in [1.29, 1.82) is 0 Å². The molecule has 1 amide bonds. The van der Waals surface area contributed by atoms with Crippen LogP contribution in [0.2, 0.25) is 0 Å². The lowest BCUT2D eigenvalue weighted by Gasteiger charge is -2.06. The van der Waals surface area contributed by atoms with Gasteiger partial charge in [0, 0.05) is 24.2 Å². The summed E-state index contributed by atoms with van der Waals surface area (Å²) in [6.07, 6.45) is 1.24. The van der Waals surface area contributed by atoms with E-state index in [1.165, 1.54) is 0 Å². The lowest BCUT2D eigenvalue weighted by Crippen LogP contribution is -2.27. The molecular weight excluding hydrogens is 316 g/mol. The zero-order valence-corrected chi connectivity index (χ0v) is 14.9. The van der Waals surface area contributed by atoms with E-state index in [0.717, 1.165) is 40.1 Å². The molecule has 2 aromatic heterocycles. The molecule has 0 aliphatic heterocycles. The Hall–Kier alpha value is -1.34. The van der Waals surface area contributed by atoms with Gasteiger partial charge in [-0.05, 0) is 32.1 Å². The fourth-order valence-corrected chi connectivity index (χ4v) is 3.89. The second-order valence-corrected chi connectivity index (χ2v) is 7.44. The lowest BCUT2D eigenvalue weighted by atomic mass is 10.3. The molecule has 0 saturated carbocycles. The van der Waals surface area contributed by atoms with Gasteiger partial charge in [0.25, 0.3) is 0 Å². The number of carbonyl (C=O) groups is 1. The number of thiazole rings is 1. The summed E-state index contributed by atoms with van der Waals surface area (Å²) < 4.78 is 3.02. The molecule has 2 rings (SSSR count). The Balaban J connectivity index is 1.68. The van der Waals surface area contributed by atoms with Crippen molar-refractivity contribution in [3.05, 3.63) is 28.5 Å². The van der Waals surface area contributed by atoms with E-state index in [9.17, 15) is 4.79 Å². The van der Waals surface area contributed by atoms with Gasteiger partial charge in [-0.1, -0.05) is 18.7 Å². The number of nitrogens with zero attached hydrogens (tertiary/aromatic N) is 3. The third kappa shape index (κ3) is 5.14. The maximum atomic E-state index is 11.9. The molecule has 0 aromatic carbocycles. The van der Waals surface area contributed by atoms with Gasteiger partial charge in [-0.15, -0.1) is 11.3 Å². The van der Waals surface area contributed by atoms with Gasteiger partial charge in [-0.25, -0.2) is 4.98 Å². The third-order valence-electron chi connectivity index (χ3n) is 3.11. The zero-order chi connectivity index (χ0) is 15.9. The minimum Gasteiger partial charge on any atom is -0.356 e. The number of nitrogens with one attached hydrogen (secondary N) is 1. The van der Waals surface area contributed by atoms with Gasteiger partial charge in [0.1, 0.15) is 4.34 Å². The summed E-state index contributed by atoms with van der Waals surface area (Å²) in [6.45, 7) is 7.63. The number of thioether (sulfide) groups is 1. The van der Waals surface area contributed by atoms with Crippen LogP contribution < -0.4 is 5.32 Å². The highest BCUT2D eigenvalue weighted by Gasteiger charge is 2.07. The number of hydrogen-bond donors (Lipinski definition) is 1. The predicted octanol–water partition coefficient (Wildman–Crippen LogP) is 2.82. The molecule has 0 bridgehead atoms. The van der Waals surface area contributed by atoms with Crippen molar-refractivity contribution in [2.24, 2.45) is 0 Å². The summed E-state index contributed by atoms with van der Waals surface area (Å²) in [5.74, 6) is 1.04. The summed E-state index contributed by atoms with van der Waals surface area (Å²) in [5, 5.41) is 9.32. The van der Waals surface area contributed by atoms with E-state index in [1.54, 1.807) is 23.1 Å². The van der Waals surface area contributed by atoms with Crippen molar-refractivity contribution in [3.63, 3.8) is 0 Å². The predicted molar refractivity (Wildman–Crippen MR) is 91.5 cm³/mol. The lowest BCUT2D eigenvalue weighted by molar-refractivity contribution is -0.120. The van der Waals surface area contributed by atoms with Gasteiger partial charge in [-0.2, -0.15) is 5.10 Å². The Morgan fingerprint density at radius 1 is 1.45 bits per heavy atom. The van der Waals surface area contributed by atoms with Crippen LogP contribution >= 0.6 is 23.1 Å². The van der Waals surface area contributed by atoms with E-state index < -0.39 is 0 Å². The standard InChI is InChI=1S/C15H22N4OS2/c1-4-21-15-17-13(10-22-15)9-14(20)16-6-5-7-19-12(3)8-11(2)18-19/h8,10H,4-7,9H2,1-3H3,(H,16,20). The average molecular weight is 339 g/mol. The first-order valence-electron chi connectivity index (χ1n) is 7.43. The van der Waals surface area contributed by atoms with Crippen LogP contribution in [0.4, 0.5) is 0 Å². The van der Waals surface area contributed by atoms with Crippen molar-refractivity contribution in [3.8, 4) is 0 Å². The number of carbonyl (C=O) groups excluding carboxylic acids is 1. The normalized spacial score (nSPS) is 10.9. The molecule has 120 valence electrons. The van der Waals surface area contributed by atoms with Gasteiger partial charge in [0.2, 0.25) is 5.91 Å². The van der Waals surface area contributed by atoms with Crippen molar-refractivity contribution in [2.75, 3.05) is 12.3 Å². The van der Waals surface area contributed by atoms with Gasteiger partial charge >= 0.3 is 0 Å². The Morgan fingerprint density at radius 2 is 2.27 bits per heavy atom. The van der Waals surface area contributed by atoms with Gasteiger partial charge < -0.3 is 5.32 Å². The Bertz CT molecular complexity index is 621. The molecule has 5 nitrogen and oxygen atoms in total. The Labute approximate surface area is 139 Å². The van der Waals surface area contributed by atoms with Crippen LogP contribution in [0.1, 0.15) is 30.4 Å². The summed E-state index contributed by atoms with van der Waals surface area (Å²) >= 11 is 3.32. The van der Waals surface area contributed by atoms with Crippen LogP contribution in [-0.4, -0.2) is 33.0 Å². The maximum absolute atomic E-state index is 11.9. The first-order chi connectivity index (χ1) is 10.6. The first-order valence-corrected chi connectivity index (χ1v) is 9.30. The van der Waals surface area contributed by atoms with E-state index in [0.29, 0.717) is 13.0 Å². The molecule has 0 atom stereocenters. The van der Waals surface area contributed by atoms with Crippen molar-refractivity contribution < 1.29 is 4.79 Å². The smallest absolute Gasteiger partial charge is 0.226 e. The second-order valence-electron chi connectivity index (χ2n) is 5.07. The van der Waals surface area contributed by atoms with E-state index in [1.807, 2.05) is 23.9 Å². The Morgan fingerprint density at radius 3 is 2.95 bits per heavy atom. The van der Waals surface area contributed by atoms with Gasteiger partial charge in [0.05, 0.1) is 17.8 Å². The van der Waals surface area contributed by atoms with Gasteiger partial charge in [0.15, 0.2) is 0 Å². The minimum atomic E-state index is 0.0340. The van der Waals surface area contributed by atoms with Crippen molar-refractivity contribution >= 4 is 29.0 Å². The van der Waals surface area contributed by atoms with Crippen LogP contribution in [0.5, 0.6) is 0 Å². The van der Waals surface area contributed by atoms with Crippen molar-refractivity contribution in [2.45, 2.75) is 44.5 Å². The number of amides is 1. The van der Waals surface area contributed by atoms with Crippen LogP contribution in [0.15, 0.2) is 15.8 Å². The number of aromatic nitrogens is 3. The van der Waals surface area contributed by atoms with Gasteiger partial charge in [-0.3, -0.25) is 9.48 Å².